The van der Waals surface area contributed by atoms with E-state index >= 15 is 0 Å². The van der Waals surface area contributed by atoms with Crippen molar-refractivity contribution in [1.29, 1.82) is 0 Å². The Morgan fingerprint density at radius 2 is 1.96 bits per heavy atom. The Morgan fingerprint density at radius 3 is 2.50 bits per heavy atom. The molecule has 0 spiro atoms. The highest BCUT2D eigenvalue weighted by atomic mass is 35.5. The first kappa shape index (κ1) is 22.7. The van der Waals surface area contributed by atoms with Crippen molar-refractivity contribution in [2.45, 2.75) is 39.4 Å². The van der Waals surface area contributed by atoms with Crippen LogP contribution < -0.4 is 5.73 Å². The second-order valence-corrected chi connectivity index (χ2v) is 7.53. The van der Waals surface area contributed by atoms with Gasteiger partial charge in [-0.1, -0.05) is 13.8 Å². The monoisotopic (exact) mass is 409 g/mol. The van der Waals surface area contributed by atoms with Crippen LogP contribution in [-0.2, 0) is 6.18 Å². The first-order valence-electron chi connectivity index (χ1n) is 8.00. The van der Waals surface area contributed by atoms with Gasteiger partial charge in [-0.3, -0.25) is 4.79 Å². The fourth-order valence-corrected chi connectivity index (χ4v) is 3.59. The minimum atomic E-state index is -4.50. The first-order chi connectivity index (χ1) is 11.5. The van der Waals surface area contributed by atoms with E-state index in [0.29, 0.717) is 34.7 Å². The summed E-state index contributed by atoms with van der Waals surface area (Å²) in [4.78, 5) is 18.5. The molecule has 146 valence electrons. The molecule has 0 bridgehead atoms. The van der Waals surface area contributed by atoms with Gasteiger partial charge < -0.3 is 10.6 Å². The SMILES string of the molecule is Cc1c(C(=O)N(C)CCC(N)C(C)C)sc2nc(C(F)(F)F)ccc12.Cl. The van der Waals surface area contributed by atoms with Crippen molar-refractivity contribution in [2.75, 3.05) is 13.6 Å². The van der Waals surface area contributed by atoms with E-state index in [-0.39, 0.29) is 29.2 Å². The number of fused-ring (bicyclic) bond motifs is 1. The summed E-state index contributed by atoms with van der Waals surface area (Å²) in [5, 5.41) is 0.577. The molecule has 0 aliphatic rings. The Morgan fingerprint density at radius 1 is 1.35 bits per heavy atom. The fraction of sp³-hybridized carbons (Fsp3) is 0.529. The summed E-state index contributed by atoms with van der Waals surface area (Å²) in [5.74, 6) is 0.101. The van der Waals surface area contributed by atoms with E-state index in [1.807, 2.05) is 13.8 Å². The van der Waals surface area contributed by atoms with Crippen LogP contribution in [0.25, 0.3) is 10.2 Å². The van der Waals surface area contributed by atoms with E-state index in [9.17, 15) is 18.0 Å². The smallest absolute Gasteiger partial charge is 0.341 e. The third-order valence-electron chi connectivity index (χ3n) is 4.29. The quantitative estimate of drug-likeness (QED) is 0.791. The summed E-state index contributed by atoms with van der Waals surface area (Å²) in [5.41, 5.74) is 5.71. The lowest BCUT2D eigenvalue weighted by atomic mass is 10.0. The lowest BCUT2D eigenvalue weighted by molar-refractivity contribution is -0.140. The van der Waals surface area contributed by atoms with Gasteiger partial charge in [-0.15, -0.1) is 23.7 Å². The summed E-state index contributed by atoms with van der Waals surface area (Å²) >= 11 is 0.998. The average molecular weight is 410 g/mol. The lowest BCUT2D eigenvalue weighted by Crippen LogP contribution is -2.34. The Kier molecular flexibility index (Phi) is 7.44. The van der Waals surface area contributed by atoms with Crippen molar-refractivity contribution >= 4 is 39.9 Å². The molecule has 9 heteroatoms. The minimum Gasteiger partial charge on any atom is -0.341 e. The number of aryl methyl sites for hydroxylation is 1. The van der Waals surface area contributed by atoms with Gasteiger partial charge in [0.25, 0.3) is 5.91 Å². The fourth-order valence-electron chi connectivity index (χ4n) is 2.41. The number of aromatic nitrogens is 1. The summed E-state index contributed by atoms with van der Waals surface area (Å²) in [6.07, 6.45) is -3.83. The summed E-state index contributed by atoms with van der Waals surface area (Å²) in [6.45, 7) is 6.26. The predicted octanol–water partition coefficient (Wildman–Crippen LogP) is 4.49. The van der Waals surface area contributed by atoms with Gasteiger partial charge in [0.1, 0.15) is 10.5 Å². The van der Waals surface area contributed by atoms with Crippen LogP contribution in [0.2, 0.25) is 0 Å². The maximum Gasteiger partial charge on any atom is 0.433 e. The Bertz CT molecular complexity index is 776. The highest BCUT2D eigenvalue weighted by Crippen LogP contribution is 2.34. The molecule has 4 nitrogen and oxygen atoms in total. The van der Waals surface area contributed by atoms with Crippen LogP contribution in [0.5, 0.6) is 0 Å². The topological polar surface area (TPSA) is 59.2 Å². The molecular formula is C17H23ClF3N3OS. The van der Waals surface area contributed by atoms with Gasteiger partial charge >= 0.3 is 6.18 Å². The van der Waals surface area contributed by atoms with E-state index in [2.05, 4.69) is 4.98 Å². The molecule has 1 atom stereocenters. The van der Waals surface area contributed by atoms with Crippen LogP contribution in [0.4, 0.5) is 13.2 Å². The van der Waals surface area contributed by atoms with Gasteiger partial charge in [-0.25, -0.2) is 4.98 Å². The summed E-state index contributed by atoms with van der Waals surface area (Å²) in [6, 6.07) is 2.32. The largest absolute Gasteiger partial charge is 0.433 e. The Hall–Kier alpha value is -1.38. The van der Waals surface area contributed by atoms with Gasteiger partial charge in [-0.05, 0) is 37.0 Å². The van der Waals surface area contributed by atoms with E-state index in [1.54, 1.807) is 18.9 Å². The zero-order valence-electron chi connectivity index (χ0n) is 15.1. The summed E-state index contributed by atoms with van der Waals surface area (Å²) < 4.78 is 38.4. The van der Waals surface area contributed by atoms with Crippen LogP contribution in [0.3, 0.4) is 0 Å². The molecule has 0 saturated heterocycles. The van der Waals surface area contributed by atoms with Crippen molar-refractivity contribution in [3.8, 4) is 0 Å². The van der Waals surface area contributed by atoms with Gasteiger partial charge in [0.2, 0.25) is 0 Å². The molecule has 2 rings (SSSR count). The number of hydrogen-bond donors (Lipinski definition) is 1. The number of pyridine rings is 1. The highest BCUT2D eigenvalue weighted by Gasteiger charge is 2.33. The second kappa shape index (κ2) is 8.54. The molecule has 0 aromatic carbocycles. The number of halogens is 4. The Labute approximate surface area is 161 Å². The van der Waals surface area contributed by atoms with Gasteiger partial charge in [0.15, 0.2) is 0 Å². The Balaban J connectivity index is 0.00000338. The van der Waals surface area contributed by atoms with Crippen LogP contribution in [0, 0.1) is 12.8 Å². The van der Waals surface area contributed by atoms with Crippen molar-refractivity contribution in [3.05, 3.63) is 28.3 Å². The molecule has 0 saturated carbocycles. The molecule has 2 aromatic rings. The maximum absolute atomic E-state index is 12.8. The summed E-state index contributed by atoms with van der Waals surface area (Å²) in [7, 11) is 1.67. The van der Waals surface area contributed by atoms with E-state index < -0.39 is 11.9 Å². The molecule has 0 aliphatic carbocycles. The molecule has 1 amide bonds. The molecule has 0 radical (unpaired) electrons. The molecule has 1 unspecified atom stereocenters. The van der Waals surface area contributed by atoms with Gasteiger partial charge in [0, 0.05) is 25.0 Å². The molecule has 0 aliphatic heterocycles. The zero-order chi connectivity index (χ0) is 18.9. The number of nitrogens with two attached hydrogens (primary N) is 1. The normalized spacial score (nSPS) is 13.0. The van der Waals surface area contributed by atoms with Crippen molar-refractivity contribution in [2.24, 2.45) is 11.7 Å². The van der Waals surface area contributed by atoms with E-state index in [1.165, 1.54) is 6.07 Å². The van der Waals surface area contributed by atoms with Gasteiger partial charge in [-0.2, -0.15) is 13.2 Å². The number of nitrogens with zero attached hydrogens (tertiary/aromatic N) is 2. The third-order valence-corrected chi connectivity index (χ3v) is 5.48. The number of rotatable bonds is 5. The minimum absolute atomic E-state index is 0. The van der Waals surface area contributed by atoms with Crippen LogP contribution in [-0.4, -0.2) is 35.4 Å². The number of amides is 1. The van der Waals surface area contributed by atoms with E-state index in [4.69, 9.17) is 5.73 Å². The van der Waals surface area contributed by atoms with E-state index in [0.717, 1.165) is 17.4 Å². The third kappa shape index (κ3) is 4.86. The van der Waals surface area contributed by atoms with Crippen molar-refractivity contribution in [3.63, 3.8) is 0 Å². The first-order valence-corrected chi connectivity index (χ1v) is 8.82. The lowest BCUT2D eigenvalue weighted by Gasteiger charge is -2.21. The molecular weight excluding hydrogens is 387 g/mol. The second-order valence-electron chi connectivity index (χ2n) is 6.53. The van der Waals surface area contributed by atoms with Crippen molar-refractivity contribution < 1.29 is 18.0 Å². The zero-order valence-corrected chi connectivity index (χ0v) is 16.7. The number of hydrogen-bond acceptors (Lipinski definition) is 4. The molecule has 2 heterocycles. The number of alkyl halides is 3. The molecule has 0 fully saturated rings. The van der Waals surface area contributed by atoms with Crippen molar-refractivity contribution in [1.82, 2.24) is 9.88 Å². The number of carbonyl (C=O) groups excluding carboxylic acids is 1. The maximum atomic E-state index is 12.8. The highest BCUT2D eigenvalue weighted by molar-refractivity contribution is 7.20. The number of carbonyl (C=O) groups is 1. The van der Waals surface area contributed by atoms with Crippen LogP contribution in [0.15, 0.2) is 12.1 Å². The average Bonchev–Trinajstić information content (AvgIpc) is 2.87. The molecule has 26 heavy (non-hydrogen) atoms. The molecule has 2 aromatic heterocycles. The standard InChI is InChI=1S/C17H22F3N3OS.ClH/c1-9(2)12(21)7-8-23(4)16(24)14-10(3)11-5-6-13(17(18,19)20)22-15(11)25-14;/h5-6,9,12H,7-8,21H2,1-4H3;1H. The van der Waals surface area contributed by atoms with Crippen LogP contribution in [0.1, 0.15) is 41.2 Å². The molecule has 2 N–H and O–H groups in total. The predicted molar refractivity (Wildman–Crippen MR) is 101 cm³/mol. The van der Waals surface area contributed by atoms with Crippen LogP contribution >= 0.6 is 23.7 Å². The van der Waals surface area contributed by atoms with Gasteiger partial charge in [0.05, 0.1) is 4.88 Å². The number of thiophene rings is 1.